The maximum absolute atomic E-state index is 11.7. The average Bonchev–Trinajstić information content (AvgIpc) is 2.34. The van der Waals surface area contributed by atoms with Crippen molar-refractivity contribution in [3.8, 4) is 0 Å². The number of hydrogen-bond donors (Lipinski definition) is 3. The molecule has 0 saturated heterocycles. The third kappa shape index (κ3) is 4.58. The van der Waals surface area contributed by atoms with Crippen molar-refractivity contribution in [1.29, 1.82) is 0 Å². The molecule has 3 N–H and O–H groups in total. The summed E-state index contributed by atoms with van der Waals surface area (Å²) in [5.41, 5.74) is 0.369. The van der Waals surface area contributed by atoms with E-state index in [9.17, 15) is 9.59 Å². The quantitative estimate of drug-likeness (QED) is 0.777. The molecule has 0 aromatic heterocycles. The van der Waals surface area contributed by atoms with Crippen LogP contribution in [-0.2, 0) is 4.79 Å². The van der Waals surface area contributed by atoms with Gasteiger partial charge in [-0.15, -0.1) is 0 Å². The zero-order valence-electron chi connectivity index (χ0n) is 11.1. The van der Waals surface area contributed by atoms with E-state index in [1.807, 2.05) is 0 Å². The largest absolute Gasteiger partial charge is 0.481 e. The second-order valence-electron chi connectivity index (χ2n) is 4.63. The number of hydrogen-bond acceptors (Lipinski definition) is 2. The lowest BCUT2D eigenvalue weighted by Crippen LogP contribution is -2.37. The molecule has 0 aliphatic carbocycles. The second-order valence-corrected chi connectivity index (χ2v) is 5.41. The number of carbonyl (C=O) groups is 2. The van der Waals surface area contributed by atoms with Crippen LogP contribution in [0.2, 0.25) is 10.0 Å². The van der Waals surface area contributed by atoms with Gasteiger partial charge in [-0.3, -0.25) is 4.79 Å². The average molecular weight is 319 g/mol. The van der Waals surface area contributed by atoms with E-state index in [0.29, 0.717) is 10.7 Å². The van der Waals surface area contributed by atoms with Crippen LogP contribution in [-0.4, -0.2) is 23.7 Å². The lowest BCUT2D eigenvalue weighted by molar-refractivity contribution is -0.142. The monoisotopic (exact) mass is 318 g/mol. The van der Waals surface area contributed by atoms with Gasteiger partial charge in [0.2, 0.25) is 0 Å². The van der Waals surface area contributed by atoms with Gasteiger partial charge in [-0.2, -0.15) is 0 Å². The number of carbonyl (C=O) groups excluding carboxylic acids is 1. The first-order valence-electron chi connectivity index (χ1n) is 6.04. The Morgan fingerprint density at radius 2 is 1.95 bits per heavy atom. The van der Waals surface area contributed by atoms with Crippen molar-refractivity contribution in [3.63, 3.8) is 0 Å². The molecule has 0 aliphatic heterocycles. The fourth-order valence-corrected chi connectivity index (χ4v) is 1.93. The van der Waals surface area contributed by atoms with Crippen LogP contribution >= 0.6 is 23.2 Å². The normalized spacial score (nSPS) is 12.1. The molecule has 1 atom stereocenters. The molecule has 1 aromatic carbocycles. The molecular formula is C13H16Cl2N2O3. The van der Waals surface area contributed by atoms with Gasteiger partial charge in [0.15, 0.2) is 0 Å². The molecule has 20 heavy (non-hydrogen) atoms. The Bertz CT molecular complexity index is 506. The Morgan fingerprint density at radius 1 is 1.30 bits per heavy atom. The summed E-state index contributed by atoms with van der Waals surface area (Å²) in [4.78, 5) is 22.7. The Kier molecular flexibility index (Phi) is 6.10. The van der Waals surface area contributed by atoms with Crippen molar-refractivity contribution >= 4 is 40.9 Å². The lowest BCUT2D eigenvalue weighted by Gasteiger charge is -2.17. The molecule has 0 saturated carbocycles. The van der Waals surface area contributed by atoms with Crippen LogP contribution in [0, 0.1) is 11.8 Å². The highest BCUT2D eigenvalue weighted by atomic mass is 35.5. The zero-order valence-corrected chi connectivity index (χ0v) is 12.6. The smallest absolute Gasteiger partial charge is 0.319 e. The fourth-order valence-electron chi connectivity index (χ4n) is 1.58. The summed E-state index contributed by atoms with van der Waals surface area (Å²) < 4.78 is 0. The van der Waals surface area contributed by atoms with Crippen LogP contribution in [0.3, 0.4) is 0 Å². The summed E-state index contributed by atoms with van der Waals surface area (Å²) in [5, 5.41) is 14.6. The van der Waals surface area contributed by atoms with Crippen molar-refractivity contribution in [2.45, 2.75) is 13.8 Å². The Hall–Kier alpha value is -1.46. The fraction of sp³-hybridized carbons (Fsp3) is 0.385. The molecule has 7 heteroatoms. The van der Waals surface area contributed by atoms with Crippen LogP contribution in [0.4, 0.5) is 10.5 Å². The Morgan fingerprint density at radius 3 is 2.50 bits per heavy atom. The topological polar surface area (TPSA) is 78.4 Å². The van der Waals surface area contributed by atoms with Gasteiger partial charge >= 0.3 is 12.0 Å². The highest BCUT2D eigenvalue weighted by molar-refractivity contribution is 6.43. The number of anilines is 1. The lowest BCUT2D eigenvalue weighted by atomic mass is 9.96. The molecule has 0 radical (unpaired) electrons. The number of carboxylic acids is 1. The molecule has 1 rings (SSSR count). The first kappa shape index (κ1) is 16.6. The maximum Gasteiger partial charge on any atom is 0.319 e. The molecule has 0 fully saturated rings. The van der Waals surface area contributed by atoms with Gasteiger partial charge in [0, 0.05) is 6.54 Å². The minimum absolute atomic E-state index is 0.0387. The molecular weight excluding hydrogens is 303 g/mol. The molecule has 0 heterocycles. The molecule has 5 nitrogen and oxygen atoms in total. The van der Waals surface area contributed by atoms with Gasteiger partial charge < -0.3 is 15.7 Å². The van der Waals surface area contributed by atoms with Crippen LogP contribution in [0.15, 0.2) is 18.2 Å². The van der Waals surface area contributed by atoms with Crippen molar-refractivity contribution in [2.75, 3.05) is 11.9 Å². The summed E-state index contributed by atoms with van der Waals surface area (Å²) in [6.45, 7) is 3.61. The summed E-state index contributed by atoms with van der Waals surface area (Å²) in [6, 6.07) is 4.33. The first-order valence-corrected chi connectivity index (χ1v) is 6.80. The zero-order chi connectivity index (χ0) is 15.3. The van der Waals surface area contributed by atoms with Crippen LogP contribution in [0.5, 0.6) is 0 Å². The van der Waals surface area contributed by atoms with E-state index in [0.717, 1.165) is 0 Å². The number of amides is 2. The standard InChI is InChI=1S/C13H16Cl2N2O3/c1-7(2)8(12(18)19)6-16-13(20)17-10-5-3-4-9(14)11(10)15/h3-5,7-8H,6H2,1-2H3,(H,18,19)(H2,16,17,20). The van der Waals surface area contributed by atoms with Gasteiger partial charge in [0.05, 0.1) is 21.7 Å². The van der Waals surface area contributed by atoms with Gasteiger partial charge in [-0.1, -0.05) is 43.1 Å². The molecule has 1 aromatic rings. The number of urea groups is 1. The first-order chi connectivity index (χ1) is 9.32. The number of nitrogens with one attached hydrogen (secondary N) is 2. The molecule has 0 bridgehead atoms. The van der Waals surface area contributed by atoms with E-state index in [1.165, 1.54) is 0 Å². The van der Waals surface area contributed by atoms with Crippen LogP contribution in [0.1, 0.15) is 13.8 Å². The van der Waals surface area contributed by atoms with E-state index in [-0.39, 0.29) is 17.5 Å². The summed E-state index contributed by atoms with van der Waals surface area (Å²) >= 11 is 11.8. The third-order valence-electron chi connectivity index (χ3n) is 2.80. The predicted octanol–water partition coefficient (Wildman–Crippen LogP) is 3.47. The van der Waals surface area contributed by atoms with Crippen molar-refractivity contribution < 1.29 is 14.7 Å². The number of benzene rings is 1. The van der Waals surface area contributed by atoms with Crippen LogP contribution < -0.4 is 10.6 Å². The van der Waals surface area contributed by atoms with Crippen molar-refractivity contribution in [1.82, 2.24) is 5.32 Å². The maximum atomic E-state index is 11.7. The summed E-state index contributed by atoms with van der Waals surface area (Å²) in [7, 11) is 0. The Balaban J connectivity index is 2.60. The third-order valence-corrected chi connectivity index (χ3v) is 3.62. The minimum Gasteiger partial charge on any atom is -0.481 e. The summed E-state index contributed by atoms with van der Waals surface area (Å²) in [5.74, 6) is -1.67. The molecule has 0 aliphatic rings. The second kappa shape index (κ2) is 7.36. The number of carboxylic acid groups (broad SMARTS) is 1. The molecule has 2 amide bonds. The van der Waals surface area contributed by atoms with Crippen LogP contribution in [0.25, 0.3) is 0 Å². The van der Waals surface area contributed by atoms with Crippen molar-refractivity contribution in [2.24, 2.45) is 11.8 Å². The SMILES string of the molecule is CC(C)C(CNC(=O)Nc1cccc(Cl)c1Cl)C(=O)O. The predicted molar refractivity (Wildman–Crippen MR) is 79.4 cm³/mol. The van der Waals surface area contributed by atoms with E-state index in [4.69, 9.17) is 28.3 Å². The van der Waals surface area contributed by atoms with Gasteiger partial charge in [-0.05, 0) is 18.1 Å². The van der Waals surface area contributed by atoms with Gasteiger partial charge in [-0.25, -0.2) is 4.79 Å². The van der Waals surface area contributed by atoms with E-state index < -0.39 is 17.9 Å². The van der Waals surface area contributed by atoms with E-state index >= 15 is 0 Å². The van der Waals surface area contributed by atoms with Crippen molar-refractivity contribution in [3.05, 3.63) is 28.2 Å². The minimum atomic E-state index is -0.943. The van der Waals surface area contributed by atoms with E-state index in [2.05, 4.69) is 10.6 Å². The molecule has 1 unspecified atom stereocenters. The highest BCUT2D eigenvalue weighted by Gasteiger charge is 2.22. The number of halogens is 2. The van der Waals surface area contributed by atoms with Gasteiger partial charge in [0.1, 0.15) is 0 Å². The number of aliphatic carboxylic acids is 1. The molecule has 110 valence electrons. The summed E-state index contributed by atoms with van der Waals surface area (Å²) in [6.07, 6.45) is 0. The highest BCUT2D eigenvalue weighted by Crippen LogP contribution is 2.29. The number of rotatable bonds is 5. The van der Waals surface area contributed by atoms with E-state index in [1.54, 1.807) is 32.0 Å². The molecule has 0 spiro atoms. The van der Waals surface area contributed by atoms with Gasteiger partial charge in [0.25, 0.3) is 0 Å². The Labute approximate surface area is 127 Å².